The molecule has 0 spiro atoms. The maximum Gasteiger partial charge on any atom is 0 e. The van der Waals surface area contributed by atoms with E-state index in [2.05, 4.69) is 87.2 Å². The van der Waals surface area contributed by atoms with Crippen LogP contribution >= 0.6 is 0 Å². The van der Waals surface area contributed by atoms with Gasteiger partial charge >= 0.3 is 0 Å². The molecule has 0 heterocycles. The van der Waals surface area contributed by atoms with E-state index in [0.29, 0.717) is 0 Å². The molecule has 0 saturated heterocycles. The summed E-state index contributed by atoms with van der Waals surface area (Å²) in [6, 6.07) is 24.9. The van der Waals surface area contributed by atoms with Gasteiger partial charge in [0.05, 0.1) is 0 Å². The molecule has 0 unspecified atom stereocenters. The van der Waals surface area contributed by atoms with Crippen LogP contribution in [0.15, 0.2) is 67.2 Å². The van der Waals surface area contributed by atoms with Crippen LogP contribution in [-0.2, 0) is 65.4 Å². The molecule has 3 aromatic carbocycles. The molecule has 2 radical (unpaired) electrons. The van der Waals surface area contributed by atoms with E-state index in [1.807, 2.05) is 6.08 Å². The Labute approximate surface area is 195 Å². The molecule has 3 rings (SSSR count). The molecule has 0 fully saturated rings. The first-order valence-electron chi connectivity index (χ1n) is 7.50. The summed E-state index contributed by atoms with van der Waals surface area (Å²) in [7, 11) is 0. The van der Waals surface area contributed by atoms with Crippen molar-refractivity contribution in [2.45, 2.75) is 13.8 Å². The predicted molar refractivity (Wildman–Crippen MR) is 95.7 cm³/mol. The Hall–Kier alpha value is -0.392. The third kappa shape index (κ3) is 5.05. The van der Waals surface area contributed by atoms with Crippen molar-refractivity contribution in [1.29, 1.82) is 0 Å². The van der Waals surface area contributed by atoms with E-state index in [4.69, 9.17) is 0 Å². The minimum absolute atomic E-state index is 0. The standard InChI is InChI=1S/C22H19.2Y/c1-4-18-6-8-19(9-7-18)20-10-12-21(13-11-20)22-14-5-16(2)15-17(22)3;;/h4-14H,1H2,2-3H3;;/q-1;;. The van der Waals surface area contributed by atoms with E-state index in [9.17, 15) is 0 Å². The normalized spacial score (nSPS) is 9.58. The quantitative estimate of drug-likeness (QED) is 0.415. The molecule has 0 nitrogen and oxygen atoms in total. The van der Waals surface area contributed by atoms with Crippen LogP contribution in [-0.4, -0.2) is 0 Å². The Morgan fingerprint density at radius 1 is 0.708 bits per heavy atom. The van der Waals surface area contributed by atoms with Gasteiger partial charge in [0, 0.05) is 65.4 Å². The second-order valence-electron chi connectivity index (χ2n) is 5.58. The first kappa shape index (κ1) is 21.7. The summed E-state index contributed by atoms with van der Waals surface area (Å²) in [5.74, 6) is 0. The van der Waals surface area contributed by atoms with Gasteiger partial charge in [-0.3, -0.25) is 0 Å². The molecule has 0 aliphatic carbocycles. The maximum absolute atomic E-state index is 3.79. The first-order valence-corrected chi connectivity index (χ1v) is 7.50. The van der Waals surface area contributed by atoms with Crippen molar-refractivity contribution in [3.8, 4) is 22.3 Å². The van der Waals surface area contributed by atoms with Gasteiger partial charge in [0.15, 0.2) is 0 Å². The average Bonchev–Trinajstić information content (AvgIpc) is 2.55. The fourth-order valence-electron chi connectivity index (χ4n) is 2.70. The fraction of sp³-hybridized carbons (Fsp3) is 0.0909. The fourth-order valence-corrected chi connectivity index (χ4v) is 2.70. The molecule has 0 aromatic heterocycles. The van der Waals surface area contributed by atoms with Gasteiger partial charge in [0.25, 0.3) is 0 Å². The minimum atomic E-state index is 0. The number of rotatable bonds is 3. The largest absolute Gasteiger partial charge is 0.177 e. The van der Waals surface area contributed by atoms with E-state index in [-0.39, 0.29) is 65.4 Å². The molecule has 3 aromatic rings. The molecule has 0 aliphatic rings. The van der Waals surface area contributed by atoms with Crippen LogP contribution in [0, 0.1) is 19.9 Å². The van der Waals surface area contributed by atoms with Gasteiger partial charge in [0.2, 0.25) is 0 Å². The van der Waals surface area contributed by atoms with Gasteiger partial charge < -0.3 is 0 Å². The molecular weight excluding hydrogens is 442 g/mol. The second kappa shape index (κ2) is 9.93. The smallest absolute Gasteiger partial charge is 0 e. The average molecular weight is 461 g/mol. The molecule has 114 valence electrons. The molecule has 0 amide bonds. The molecular formula is C22H19Y2-. The van der Waals surface area contributed by atoms with Crippen LogP contribution in [0.4, 0.5) is 0 Å². The van der Waals surface area contributed by atoms with Crippen molar-refractivity contribution in [2.75, 3.05) is 0 Å². The Morgan fingerprint density at radius 2 is 1.21 bits per heavy atom. The van der Waals surface area contributed by atoms with Crippen molar-refractivity contribution < 1.29 is 65.4 Å². The van der Waals surface area contributed by atoms with Gasteiger partial charge in [-0.15, -0.1) is 5.56 Å². The van der Waals surface area contributed by atoms with E-state index in [0.717, 1.165) is 5.56 Å². The van der Waals surface area contributed by atoms with Crippen molar-refractivity contribution >= 4 is 6.08 Å². The predicted octanol–water partition coefficient (Wildman–Crippen LogP) is 6.08. The number of aryl methyl sites for hydroxylation is 2. The van der Waals surface area contributed by atoms with Crippen molar-refractivity contribution in [3.05, 3.63) is 90.0 Å². The SMILES string of the molecule is C=Cc1ccc(-c2ccc(-c3ccc(C)[c-]c3C)cc2)cc1.[Y].[Y]. The van der Waals surface area contributed by atoms with Crippen LogP contribution in [0.3, 0.4) is 0 Å². The third-order valence-corrected chi connectivity index (χ3v) is 3.96. The van der Waals surface area contributed by atoms with Crippen molar-refractivity contribution in [2.24, 2.45) is 0 Å². The van der Waals surface area contributed by atoms with E-state index in [1.165, 1.54) is 33.4 Å². The monoisotopic (exact) mass is 461 g/mol. The summed E-state index contributed by atoms with van der Waals surface area (Å²) < 4.78 is 0. The zero-order valence-corrected chi connectivity index (χ0v) is 19.9. The molecule has 0 N–H and O–H groups in total. The summed E-state index contributed by atoms with van der Waals surface area (Å²) >= 11 is 0. The van der Waals surface area contributed by atoms with E-state index < -0.39 is 0 Å². The van der Waals surface area contributed by atoms with Gasteiger partial charge in [-0.1, -0.05) is 80.6 Å². The topological polar surface area (TPSA) is 0 Å². The van der Waals surface area contributed by atoms with E-state index in [1.54, 1.807) is 0 Å². The number of hydrogen-bond acceptors (Lipinski definition) is 0. The van der Waals surface area contributed by atoms with Crippen molar-refractivity contribution in [3.63, 3.8) is 0 Å². The van der Waals surface area contributed by atoms with Crippen LogP contribution in [0.1, 0.15) is 16.7 Å². The Kier molecular flexibility index (Phi) is 8.96. The molecule has 0 aliphatic heterocycles. The summed E-state index contributed by atoms with van der Waals surface area (Å²) in [6.45, 7) is 7.98. The van der Waals surface area contributed by atoms with Gasteiger partial charge in [-0.25, -0.2) is 0 Å². The van der Waals surface area contributed by atoms with Gasteiger partial charge in [0.1, 0.15) is 0 Å². The number of benzene rings is 3. The third-order valence-electron chi connectivity index (χ3n) is 3.96. The van der Waals surface area contributed by atoms with Crippen LogP contribution in [0.5, 0.6) is 0 Å². The van der Waals surface area contributed by atoms with Crippen molar-refractivity contribution in [1.82, 2.24) is 0 Å². The zero-order valence-electron chi connectivity index (χ0n) is 14.2. The van der Waals surface area contributed by atoms with Gasteiger partial charge in [-0.05, 0) is 16.7 Å². The summed E-state index contributed by atoms with van der Waals surface area (Å²) in [5.41, 5.74) is 8.46. The molecule has 0 bridgehead atoms. The zero-order chi connectivity index (χ0) is 15.5. The van der Waals surface area contributed by atoms with Gasteiger partial charge in [-0.2, -0.15) is 29.3 Å². The molecule has 24 heavy (non-hydrogen) atoms. The first-order chi connectivity index (χ1) is 10.7. The Bertz CT molecular complexity index is 800. The Morgan fingerprint density at radius 3 is 1.71 bits per heavy atom. The molecule has 0 atom stereocenters. The van der Waals surface area contributed by atoms with Crippen LogP contribution in [0.2, 0.25) is 0 Å². The molecule has 2 heteroatoms. The summed E-state index contributed by atoms with van der Waals surface area (Å²) in [5, 5.41) is 0. The van der Waals surface area contributed by atoms with E-state index >= 15 is 0 Å². The maximum atomic E-state index is 3.79. The van der Waals surface area contributed by atoms with Crippen LogP contribution in [0.25, 0.3) is 28.3 Å². The van der Waals surface area contributed by atoms with Crippen LogP contribution < -0.4 is 0 Å². The Balaban J connectivity index is 0.00000144. The molecule has 0 saturated carbocycles. The summed E-state index contributed by atoms with van der Waals surface area (Å²) in [6.07, 6.45) is 1.86. The second-order valence-corrected chi connectivity index (χ2v) is 5.58. The minimum Gasteiger partial charge on any atom is -0.177 e. The summed E-state index contributed by atoms with van der Waals surface area (Å²) in [4.78, 5) is 0. The number of hydrogen-bond donors (Lipinski definition) is 0.